The second-order valence-corrected chi connectivity index (χ2v) is 5.27. The average Bonchev–Trinajstić information content (AvgIpc) is 2.99. The average molecular weight is 292 g/mol. The monoisotopic (exact) mass is 292 g/mol. The number of rotatable bonds is 8. The second kappa shape index (κ2) is 8.64. The standard InChI is InChI=1S/C16H24N2O3/c1-20-11-10-17-12-16(19)18-13-6-8-15(9-7-13)21-14-4-2-3-5-14/h6-9,14,17H,2-5,10-12H2,1H3,(H,18,19). The van der Waals surface area contributed by atoms with E-state index >= 15 is 0 Å². The zero-order valence-electron chi connectivity index (χ0n) is 12.6. The van der Waals surface area contributed by atoms with Crippen LogP contribution in [-0.2, 0) is 9.53 Å². The summed E-state index contributed by atoms with van der Waals surface area (Å²) in [5.74, 6) is 0.814. The van der Waals surface area contributed by atoms with Gasteiger partial charge in [0.1, 0.15) is 5.75 Å². The fraction of sp³-hybridized carbons (Fsp3) is 0.562. The van der Waals surface area contributed by atoms with E-state index in [1.54, 1.807) is 7.11 Å². The summed E-state index contributed by atoms with van der Waals surface area (Å²) in [4.78, 5) is 11.7. The molecule has 1 aromatic rings. The van der Waals surface area contributed by atoms with E-state index in [4.69, 9.17) is 9.47 Å². The van der Waals surface area contributed by atoms with Crippen LogP contribution in [0.15, 0.2) is 24.3 Å². The highest BCUT2D eigenvalue weighted by molar-refractivity contribution is 5.92. The van der Waals surface area contributed by atoms with Crippen LogP contribution >= 0.6 is 0 Å². The number of carbonyl (C=O) groups is 1. The quantitative estimate of drug-likeness (QED) is 0.721. The molecule has 5 nitrogen and oxygen atoms in total. The fourth-order valence-electron chi connectivity index (χ4n) is 2.40. The van der Waals surface area contributed by atoms with E-state index in [1.807, 2.05) is 24.3 Å². The number of nitrogens with one attached hydrogen (secondary N) is 2. The highest BCUT2D eigenvalue weighted by Gasteiger charge is 2.16. The van der Waals surface area contributed by atoms with Gasteiger partial charge in [-0.25, -0.2) is 0 Å². The van der Waals surface area contributed by atoms with E-state index in [0.29, 0.717) is 19.3 Å². The number of hydrogen-bond acceptors (Lipinski definition) is 4. The van der Waals surface area contributed by atoms with Gasteiger partial charge in [0.05, 0.1) is 19.3 Å². The smallest absolute Gasteiger partial charge is 0.238 e. The SMILES string of the molecule is COCCNCC(=O)Nc1ccc(OC2CCCC2)cc1. The Morgan fingerprint density at radius 3 is 2.62 bits per heavy atom. The van der Waals surface area contributed by atoms with Crippen LogP contribution < -0.4 is 15.4 Å². The van der Waals surface area contributed by atoms with Crippen LogP contribution in [0, 0.1) is 0 Å². The number of hydrogen-bond donors (Lipinski definition) is 2. The molecule has 0 atom stereocenters. The van der Waals surface area contributed by atoms with E-state index in [2.05, 4.69) is 10.6 Å². The zero-order valence-corrected chi connectivity index (χ0v) is 12.6. The summed E-state index contributed by atoms with van der Waals surface area (Å²) < 4.78 is 10.8. The lowest BCUT2D eigenvalue weighted by Gasteiger charge is -2.13. The van der Waals surface area contributed by atoms with Crippen molar-refractivity contribution in [1.29, 1.82) is 0 Å². The Kier molecular flexibility index (Phi) is 6.50. The fourth-order valence-corrected chi connectivity index (χ4v) is 2.40. The van der Waals surface area contributed by atoms with Crippen molar-refractivity contribution < 1.29 is 14.3 Å². The normalized spacial score (nSPS) is 15.1. The van der Waals surface area contributed by atoms with Gasteiger partial charge in [-0.15, -0.1) is 0 Å². The largest absolute Gasteiger partial charge is 0.490 e. The Hall–Kier alpha value is -1.59. The predicted octanol–water partition coefficient (Wildman–Crippen LogP) is 2.18. The lowest BCUT2D eigenvalue weighted by atomic mass is 10.2. The molecule has 2 N–H and O–H groups in total. The second-order valence-electron chi connectivity index (χ2n) is 5.27. The van der Waals surface area contributed by atoms with E-state index in [-0.39, 0.29) is 12.5 Å². The van der Waals surface area contributed by atoms with Crippen LogP contribution in [0.4, 0.5) is 5.69 Å². The van der Waals surface area contributed by atoms with Crippen LogP contribution in [0.25, 0.3) is 0 Å². The van der Waals surface area contributed by atoms with Gasteiger partial charge in [-0.05, 0) is 49.9 Å². The summed E-state index contributed by atoms with van der Waals surface area (Å²) in [5, 5.41) is 5.85. The van der Waals surface area contributed by atoms with Crippen molar-refractivity contribution in [1.82, 2.24) is 5.32 Å². The molecule has 1 aliphatic rings. The van der Waals surface area contributed by atoms with E-state index in [0.717, 1.165) is 24.3 Å². The molecule has 0 aromatic heterocycles. The van der Waals surface area contributed by atoms with Crippen molar-refractivity contribution in [2.45, 2.75) is 31.8 Å². The van der Waals surface area contributed by atoms with Crippen LogP contribution in [0.1, 0.15) is 25.7 Å². The summed E-state index contributed by atoms with van der Waals surface area (Å²) in [6, 6.07) is 7.56. The first kappa shape index (κ1) is 15.8. The van der Waals surface area contributed by atoms with Crippen LogP contribution in [0.2, 0.25) is 0 Å². The van der Waals surface area contributed by atoms with Gasteiger partial charge >= 0.3 is 0 Å². The summed E-state index contributed by atoms with van der Waals surface area (Å²) in [6.45, 7) is 1.54. The molecule has 0 heterocycles. The van der Waals surface area contributed by atoms with Crippen molar-refractivity contribution in [2.24, 2.45) is 0 Å². The third kappa shape index (κ3) is 5.73. The third-order valence-corrected chi connectivity index (χ3v) is 3.51. The summed E-state index contributed by atoms with van der Waals surface area (Å²) >= 11 is 0. The number of carbonyl (C=O) groups excluding carboxylic acids is 1. The Labute approximate surface area is 126 Å². The molecule has 0 bridgehead atoms. The van der Waals surface area contributed by atoms with Gasteiger partial charge in [-0.3, -0.25) is 4.79 Å². The van der Waals surface area contributed by atoms with Gasteiger partial charge < -0.3 is 20.1 Å². The molecule has 1 saturated carbocycles. The number of benzene rings is 1. The molecule has 1 aromatic carbocycles. The molecule has 1 aliphatic carbocycles. The Bertz CT molecular complexity index is 428. The van der Waals surface area contributed by atoms with E-state index in [9.17, 15) is 4.79 Å². The van der Waals surface area contributed by atoms with Crippen LogP contribution in [0.5, 0.6) is 5.75 Å². The van der Waals surface area contributed by atoms with Gasteiger partial charge in [-0.1, -0.05) is 0 Å². The topological polar surface area (TPSA) is 59.6 Å². The maximum atomic E-state index is 11.7. The number of amides is 1. The molecule has 0 spiro atoms. The Morgan fingerprint density at radius 1 is 1.24 bits per heavy atom. The molecule has 5 heteroatoms. The molecule has 21 heavy (non-hydrogen) atoms. The molecule has 2 rings (SSSR count). The first-order valence-electron chi connectivity index (χ1n) is 7.54. The summed E-state index contributed by atoms with van der Waals surface area (Å²) in [7, 11) is 1.64. The van der Waals surface area contributed by atoms with Crippen molar-refractivity contribution >= 4 is 11.6 Å². The van der Waals surface area contributed by atoms with E-state index in [1.165, 1.54) is 12.8 Å². The zero-order chi connectivity index (χ0) is 14.9. The summed E-state index contributed by atoms with van der Waals surface area (Å²) in [5.41, 5.74) is 0.785. The predicted molar refractivity (Wildman–Crippen MR) is 82.7 cm³/mol. The molecule has 116 valence electrons. The maximum absolute atomic E-state index is 11.7. The first-order valence-corrected chi connectivity index (χ1v) is 7.54. The van der Waals surface area contributed by atoms with Gasteiger partial charge in [0.2, 0.25) is 5.91 Å². The van der Waals surface area contributed by atoms with Gasteiger partial charge in [0.15, 0.2) is 0 Å². The van der Waals surface area contributed by atoms with Crippen molar-refractivity contribution in [3.8, 4) is 5.75 Å². The first-order chi connectivity index (χ1) is 10.3. The molecule has 1 amide bonds. The van der Waals surface area contributed by atoms with Crippen molar-refractivity contribution in [3.63, 3.8) is 0 Å². The highest BCUT2D eigenvalue weighted by atomic mass is 16.5. The third-order valence-electron chi connectivity index (χ3n) is 3.51. The minimum atomic E-state index is -0.0597. The van der Waals surface area contributed by atoms with Gasteiger partial charge in [-0.2, -0.15) is 0 Å². The Morgan fingerprint density at radius 2 is 1.95 bits per heavy atom. The highest BCUT2D eigenvalue weighted by Crippen LogP contribution is 2.24. The molecule has 0 unspecified atom stereocenters. The molecule has 0 radical (unpaired) electrons. The number of methoxy groups -OCH3 is 1. The van der Waals surface area contributed by atoms with E-state index < -0.39 is 0 Å². The lowest BCUT2D eigenvalue weighted by Crippen LogP contribution is -2.30. The van der Waals surface area contributed by atoms with Crippen LogP contribution in [0.3, 0.4) is 0 Å². The maximum Gasteiger partial charge on any atom is 0.238 e. The molecule has 0 saturated heterocycles. The Balaban J connectivity index is 1.72. The molecule has 0 aliphatic heterocycles. The number of ether oxygens (including phenoxy) is 2. The minimum absolute atomic E-state index is 0.0597. The summed E-state index contributed by atoms with van der Waals surface area (Å²) in [6.07, 6.45) is 5.16. The number of anilines is 1. The lowest BCUT2D eigenvalue weighted by molar-refractivity contribution is -0.115. The molecule has 1 fully saturated rings. The van der Waals surface area contributed by atoms with Gasteiger partial charge in [0, 0.05) is 19.3 Å². The molecular weight excluding hydrogens is 268 g/mol. The minimum Gasteiger partial charge on any atom is -0.490 e. The van der Waals surface area contributed by atoms with Crippen molar-refractivity contribution in [3.05, 3.63) is 24.3 Å². The van der Waals surface area contributed by atoms with Crippen LogP contribution in [-0.4, -0.2) is 38.8 Å². The van der Waals surface area contributed by atoms with Gasteiger partial charge in [0.25, 0.3) is 0 Å². The molecular formula is C16H24N2O3. The van der Waals surface area contributed by atoms with Crippen molar-refractivity contribution in [2.75, 3.05) is 32.1 Å².